The Morgan fingerprint density at radius 2 is 2.05 bits per heavy atom. The van der Waals surface area contributed by atoms with Gasteiger partial charge < -0.3 is 11.1 Å². The molecule has 6 nitrogen and oxygen atoms in total. The molecule has 0 atom stereocenters. The fourth-order valence-electron chi connectivity index (χ4n) is 1.83. The Kier molecular flexibility index (Phi) is 7.12. The van der Waals surface area contributed by atoms with Crippen LogP contribution in [0.5, 0.6) is 0 Å². The number of thiophene rings is 1. The Hall–Kier alpha value is -1.18. The van der Waals surface area contributed by atoms with Crippen molar-refractivity contribution in [2.75, 3.05) is 6.54 Å². The molecule has 0 spiro atoms. The highest BCUT2D eigenvalue weighted by atomic mass is 35.5. The smallest absolute Gasteiger partial charge is 0.283 e. The van der Waals surface area contributed by atoms with E-state index in [0.29, 0.717) is 16.3 Å². The number of nitrogens with one attached hydrogen (secondary N) is 1. The summed E-state index contributed by atoms with van der Waals surface area (Å²) in [7, 11) is 0. The van der Waals surface area contributed by atoms with Crippen molar-refractivity contribution in [3.63, 3.8) is 0 Å². The normalized spacial score (nSPS) is 10.8. The summed E-state index contributed by atoms with van der Waals surface area (Å²) in [6, 6.07) is 1.32. The van der Waals surface area contributed by atoms with Gasteiger partial charge in [-0.15, -0.1) is 23.7 Å². The number of hydrogen-bond acceptors (Lipinski definition) is 5. The van der Waals surface area contributed by atoms with Gasteiger partial charge in [-0.1, -0.05) is 13.8 Å². The molecule has 0 saturated carbocycles. The Balaban J connectivity index is 0.00000361. The molecular weight excluding hydrogens is 302 g/mol. The van der Waals surface area contributed by atoms with Gasteiger partial charge in [0.25, 0.3) is 11.6 Å². The predicted octanol–water partition coefficient (Wildman–Crippen LogP) is 2.63. The van der Waals surface area contributed by atoms with Crippen molar-refractivity contribution in [3.8, 4) is 0 Å². The summed E-state index contributed by atoms with van der Waals surface area (Å²) in [6.45, 7) is 5.89. The zero-order chi connectivity index (χ0) is 14.6. The van der Waals surface area contributed by atoms with Gasteiger partial charge in [-0.05, 0) is 19.8 Å². The molecule has 1 rings (SSSR count). The van der Waals surface area contributed by atoms with E-state index in [-0.39, 0.29) is 24.0 Å². The third kappa shape index (κ3) is 3.91. The first-order valence-electron chi connectivity index (χ1n) is 6.16. The fourth-order valence-corrected chi connectivity index (χ4v) is 2.72. The minimum atomic E-state index is -0.474. The number of hydrogen-bond donors (Lipinski definition) is 2. The highest BCUT2D eigenvalue weighted by Gasteiger charge is 2.28. The molecule has 0 saturated heterocycles. The second-order valence-electron chi connectivity index (χ2n) is 4.45. The summed E-state index contributed by atoms with van der Waals surface area (Å²) in [5.74, 6) is -0.296. The summed E-state index contributed by atoms with van der Waals surface area (Å²) in [4.78, 5) is 23.3. The van der Waals surface area contributed by atoms with Crippen LogP contribution in [0.2, 0.25) is 0 Å². The molecule has 0 fully saturated rings. The minimum Gasteiger partial charge on any atom is -0.345 e. The molecule has 20 heavy (non-hydrogen) atoms. The van der Waals surface area contributed by atoms with Gasteiger partial charge in [0.15, 0.2) is 0 Å². The Bertz CT molecular complexity index is 478. The van der Waals surface area contributed by atoms with Crippen molar-refractivity contribution in [2.45, 2.75) is 39.2 Å². The van der Waals surface area contributed by atoms with Crippen molar-refractivity contribution in [1.29, 1.82) is 0 Å². The topological polar surface area (TPSA) is 98.3 Å². The number of nitrogens with two attached hydrogens (primary N) is 1. The van der Waals surface area contributed by atoms with Gasteiger partial charge in [0.05, 0.1) is 20.2 Å². The van der Waals surface area contributed by atoms with E-state index in [9.17, 15) is 14.9 Å². The predicted molar refractivity (Wildman–Crippen MR) is 82.8 cm³/mol. The lowest BCUT2D eigenvalue weighted by molar-refractivity contribution is -0.385. The molecule has 0 aliphatic carbocycles. The molecule has 114 valence electrons. The zero-order valence-electron chi connectivity index (χ0n) is 11.8. The van der Waals surface area contributed by atoms with E-state index in [2.05, 4.69) is 5.32 Å². The lowest BCUT2D eigenvalue weighted by atomic mass is 9.93. The van der Waals surface area contributed by atoms with Crippen LogP contribution in [0.4, 0.5) is 5.69 Å². The monoisotopic (exact) mass is 321 g/mol. The van der Waals surface area contributed by atoms with Crippen LogP contribution >= 0.6 is 23.7 Å². The average molecular weight is 322 g/mol. The molecule has 0 unspecified atom stereocenters. The lowest BCUT2D eigenvalue weighted by Crippen LogP contribution is -2.52. The van der Waals surface area contributed by atoms with Crippen molar-refractivity contribution < 1.29 is 9.72 Å². The number of halogens is 1. The number of nitrogens with zero attached hydrogens (tertiary/aromatic N) is 1. The minimum absolute atomic E-state index is 0. The van der Waals surface area contributed by atoms with Crippen molar-refractivity contribution in [2.24, 2.45) is 5.73 Å². The van der Waals surface area contributed by atoms with Crippen LogP contribution < -0.4 is 11.1 Å². The Morgan fingerprint density at radius 3 is 2.40 bits per heavy atom. The Morgan fingerprint density at radius 1 is 1.50 bits per heavy atom. The molecule has 1 aromatic heterocycles. The van der Waals surface area contributed by atoms with Crippen LogP contribution in [-0.2, 0) is 0 Å². The zero-order valence-corrected chi connectivity index (χ0v) is 13.4. The number of nitro groups is 1. The van der Waals surface area contributed by atoms with Gasteiger partial charge in [-0.3, -0.25) is 14.9 Å². The van der Waals surface area contributed by atoms with Crippen molar-refractivity contribution in [1.82, 2.24) is 5.32 Å². The number of carbonyl (C=O) groups is 1. The van der Waals surface area contributed by atoms with E-state index in [1.54, 1.807) is 6.92 Å². The van der Waals surface area contributed by atoms with Gasteiger partial charge >= 0.3 is 0 Å². The molecule has 1 amide bonds. The van der Waals surface area contributed by atoms with E-state index in [1.807, 2.05) is 13.8 Å². The van der Waals surface area contributed by atoms with E-state index in [0.717, 1.165) is 24.2 Å². The fraction of sp³-hybridized carbons (Fsp3) is 0.583. The van der Waals surface area contributed by atoms with Gasteiger partial charge in [0.2, 0.25) is 0 Å². The van der Waals surface area contributed by atoms with Crippen LogP contribution in [0.25, 0.3) is 0 Å². The maximum absolute atomic E-state index is 12.1. The van der Waals surface area contributed by atoms with Gasteiger partial charge in [0, 0.05) is 12.6 Å². The molecule has 0 aliphatic heterocycles. The third-order valence-electron chi connectivity index (χ3n) is 3.44. The maximum atomic E-state index is 12.1. The largest absolute Gasteiger partial charge is 0.345 e. The van der Waals surface area contributed by atoms with Crippen molar-refractivity contribution >= 4 is 35.3 Å². The number of aryl methyl sites for hydroxylation is 1. The summed E-state index contributed by atoms with van der Waals surface area (Å²) < 4.78 is 0. The number of amides is 1. The molecule has 1 aromatic rings. The van der Waals surface area contributed by atoms with Gasteiger partial charge in [0.1, 0.15) is 0 Å². The van der Waals surface area contributed by atoms with Crippen LogP contribution in [0.1, 0.15) is 41.2 Å². The number of rotatable bonds is 6. The standard InChI is InChI=1S/C12H19N3O3S.ClH/c1-4-12(5-2,7-13)14-11(16)10-6-9(15(17)18)8(3)19-10;/h6H,4-5,7,13H2,1-3H3,(H,14,16);1H. The van der Waals surface area contributed by atoms with Crippen LogP contribution in [0.15, 0.2) is 6.07 Å². The molecular formula is C12H20ClN3O3S. The average Bonchev–Trinajstić information content (AvgIpc) is 2.78. The molecule has 0 aromatic carbocycles. The van der Waals surface area contributed by atoms with Gasteiger partial charge in [-0.25, -0.2) is 0 Å². The summed E-state index contributed by atoms with van der Waals surface area (Å²) in [6.07, 6.45) is 1.44. The first kappa shape index (κ1) is 18.8. The summed E-state index contributed by atoms with van der Waals surface area (Å²) >= 11 is 1.13. The van der Waals surface area contributed by atoms with E-state index in [4.69, 9.17) is 5.73 Å². The first-order valence-corrected chi connectivity index (χ1v) is 6.98. The van der Waals surface area contributed by atoms with E-state index in [1.165, 1.54) is 6.07 Å². The number of carbonyl (C=O) groups excluding carboxylic acids is 1. The molecule has 8 heteroatoms. The molecule has 1 heterocycles. The van der Waals surface area contributed by atoms with E-state index < -0.39 is 10.5 Å². The first-order chi connectivity index (χ1) is 8.89. The van der Waals surface area contributed by atoms with E-state index >= 15 is 0 Å². The van der Waals surface area contributed by atoms with Crippen LogP contribution in [-0.4, -0.2) is 22.9 Å². The maximum Gasteiger partial charge on any atom is 0.283 e. The van der Waals surface area contributed by atoms with Crippen LogP contribution in [0.3, 0.4) is 0 Å². The Labute approximate surface area is 128 Å². The summed E-state index contributed by atoms with van der Waals surface area (Å²) in [5.41, 5.74) is 5.27. The molecule has 3 N–H and O–H groups in total. The second kappa shape index (κ2) is 7.56. The third-order valence-corrected chi connectivity index (χ3v) is 4.47. The molecule has 0 aliphatic rings. The lowest BCUT2D eigenvalue weighted by Gasteiger charge is -2.31. The van der Waals surface area contributed by atoms with Crippen molar-refractivity contribution in [3.05, 3.63) is 25.9 Å². The van der Waals surface area contributed by atoms with Gasteiger partial charge in [-0.2, -0.15) is 0 Å². The molecule has 0 bridgehead atoms. The SMILES string of the molecule is CCC(CC)(CN)NC(=O)c1cc([N+](=O)[O-])c(C)s1.Cl. The molecule has 0 radical (unpaired) electrons. The quantitative estimate of drug-likeness (QED) is 0.621. The highest BCUT2D eigenvalue weighted by Crippen LogP contribution is 2.28. The second-order valence-corrected chi connectivity index (χ2v) is 5.71. The summed E-state index contributed by atoms with van der Waals surface area (Å²) in [5, 5.41) is 13.7. The van der Waals surface area contributed by atoms with Crippen LogP contribution in [0, 0.1) is 17.0 Å². The highest BCUT2D eigenvalue weighted by molar-refractivity contribution is 7.14.